The first-order chi connectivity index (χ1) is 18.1. The highest BCUT2D eigenvalue weighted by Crippen LogP contribution is 2.26. The molecule has 2 aliphatic heterocycles. The first-order valence-electron chi connectivity index (χ1n) is 12.7. The van der Waals surface area contributed by atoms with E-state index in [1.54, 1.807) is 30.3 Å². The Bertz CT molecular complexity index is 1230. The Morgan fingerprint density at radius 3 is 2.03 bits per heavy atom. The highest BCUT2D eigenvalue weighted by Gasteiger charge is 2.20. The van der Waals surface area contributed by atoms with Crippen molar-refractivity contribution >= 4 is 47.0 Å². The van der Waals surface area contributed by atoms with Gasteiger partial charge in [-0.3, -0.25) is 0 Å². The van der Waals surface area contributed by atoms with Crippen LogP contribution in [-0.4, -0.2) is 52.5 Å². The molecule has 0 spiro atoms. The highest BCUT2D eigenvalue weighted by atomic mass is 35.5. The maximum Gasteiger partial charge on any atom is 0.250 e. The van der Waals surface area contributed by atoms with Crippen LogP contribution in [0.2, 0.25) is 5.02 Å². The van der Waals surface area contributed by atoms with Crippen LogP contribution < -0.4 is 15.2 Å². The standard InChI is InChI=1S/C26H30ClN9O/c27-20-8-7-9-21(17-20)32-33-22-10-11-23(37)19(16-22)18-28-34-24-29-25(35-12-3-1-4-13-35)31-26(30-24)36-14-5-2-6-15-36/h7-11,16-18,37H,1-6,12-15H2,(H,29,30,31,34). The quantitative estimate of drug-likeness (QED) is 0.221. The normalized spacial score (nSPS) is 16.6. The molecule has 2 aliphatic rings. The number of aromatic hydroxyl groups is 1. The molecule has 1 aromatic heterocycles. The Morgan fingerprint density at radius 2 is 1.41 bits per heavy atom. The molecule has 2 fully saturated rings. The molecule has 2 aromatic carbocycles. The van der Waals surface area contributed by atoms with Gasteiger partial charge in [0, 0.05) is 36.8 Å². The summed E-state index contributed by atoms with van der Waals surface area (Å²) in [6.07, 6.45) is 8.52. The lowest BCUT2D eigenvalue weighted by Crippen LogP contribution is -2.34. The SMILES string of the molecule is Oc1ccc(N=Nc2cccc(Cl)c2)cc1C=NNc1nc(N2CCCCC2)nc(N2CCCCC2)n1. The van der Waals surface area contributed by atoms with E-state index < -0.39 is 0 Å². The second-order valence-corrected chi connectivity index (χ2v) is 9.58. The predicted octanol–water partition coefficient (Wildman–Crippen LogP) is 6.07. The number of nitrogens with zero attached hydrogens (tertiary/aromatic N) is 8. The zero-order valence-corrected chi connectivity index (χ0v) is 21.3. The van der Waals surface area contributed by atoms with E-state index in [0.717, 1.165) is 51.9 Å². The zero-order chi connectivity index (χ0) is 25.5. The van der Waals surface area contributed by atoms with Crippen LogP contribution >= 0.6 is 11.6 Å². The lowest BCUT2D eigenvalue weighted by molar-refractivity contribution is 0.474. The van der Waals surface area contributed by atoms with Crippen molar-refractivity contribution in [3.05, 3.63) is 53.1 Å². The van der Waals surface area contributed by atoms with E-state index in [4.69, 9.17) is 16.6 Å². The fraction of sp³-hybridized carbons (Fsp3) is 0.385. The summed E-state index contributed by atoms with van der Waals surface area (Å²) < 4.78 is 0. The molecule has 2 saturated heterocycles. The second-order valence-electron chi connectivity index (χ2n) is 9.15. The van der Waals surface area contributed by atoms with Gasteiger partial charge in [0.25, 0.3) is 0 Å². The summed E-state index contributed by atoms with van der Waals surface area (Å²) in [7, 11) is 0. The van der Waals surface area contributed by atoms with Gasteiger partial charge in [-0.1, -0.05) is 17.7 Å². The number of nitrogens with one attached hydrogen (secondary N) is 1. The molecule has 3 aromatic rings. The molecule has 0 amide bonds. The number of rotatable bonds is 7. The summed E-state index contributed by atoms with van der Waals surface area (Å²) in [6.45, 7) is 3.76. The maximum absolute atomic E-state index is 10.3. The Balaban J connectivity index is 1.33. The number of hydrogen-bond donors (Lipinski definition) is 2. The van der Waals surface area contributed by atoms with Gasteiger partial charge in [0.2, 0.25) is 17.8 Å². The van der Waals surface area contributed by atoms with Crippen LogP contribution in [0.1, 0.15) is 44.1 Å². The third kappa shape index (κ3) is 6.71. The molecular weight excluding hydrogens is 490 g/mol. The van der Waals surface area contributed by atoms with Crippen molar-refractivity contribution in [1.29, 1.82) is 0 Å². The van der Waals surface area contributed by atoms with Crippen LogP contribution in [0, 0.1) is 0 Å². The summed E-state index contributed by atoms with van der Waals surface area (Å²) in [5.74, 6) is 1.81. The largest absolute Gasteiger partial charge is 0.507 e. The number of piperidine rings is 2. The molecule has 0 unspecified atom stereocenters. The number of hydrogen-bond acceptors (Lipinski definition) is 10. The van der Waals surface area contributed by atoms with E-state index >= 15 is 0 Å². The van der Waals surface area contributed by atoms with Crippen molar-refractivity contribution < 1.29 is 5.11 Å². The molecule has 0 aliphatic carbocycles. The van der Waals surface area contributed by atoms with E-state index in [-0.39, 0.29) is 5.75 Å². The van der Waals surface area contributed by atoms with Crippen LogP contribution in [0.4, 0.5) is 29.2 Å². The third-order valence-electron chi connectivity index (χ3n) is 6.36. The minimum Gasteiger partial charge on any atom is -0.507 e. The zero-order valence-electron chi connectivity index (χ0n) is 20.6. The van der Waals surface area contributed by atoms with Crippen molar-refractivity contribution in [2.75, 3.05) is 41.4 Å². The Labute approximate surface area is 221 Å². The maximum atomic E-state index is 10.3. The van der Waals surface area contributed by atoms with Gasteiger partial charge in [-0.25, -0.2) is 5.43 Å². The summed E-state index contributed by atoms with van der Waals surface area (Å²) in [5.41, 5.74) is 4.63. The minimum atomic E-state index is 0.0749. The summed E-state index contributed by atoms with van der Waals surface area (Å²) in [5, 5.41) is 23.7. The van der Waals surface area contributed by atoms with Gasteiger partial charge in [-0.2, -0.15) is 30.3 Å². The van der Waals surface area contributed by atoms with Gasteiger partial charge < -0.3 is 14.9 Å². The topological polar surface area (TPSA) is 114 Å². The molecule has 0 radical (unpaired) electrons. The van der Waals surface area contributed by atoms with Crippen molar-refractivity contribution in [1.82, 2.24) is 15.0 Å². The monoisotopic (exact) mass is 519 g/mol. The molecule has 192 valence electrons. The van der Waals surface area contributed by atoms with Crippen molar-refractivity contribution in [2.45, 2.75) is 38.5 Å². The molecule has 0 saturated carbocycles. The summed E-state index contributed by atoms with van der Waals surface area (Å²) >= 11 is 6.01. The van der Waals surface area contributed by atoms with Crippen molar-refractivity contribution in [2.24, 2.45) is 15.3 Å². The molecule has 10 nitrogen and oxygen atoms in total. The van der Waals surface area contributed by atoms with Crippen molar-refractivity contribution in [3.63, 3.8) is 0 Å². The first-order valence-corrected chi connectivity index (χ1v) is 13.1. The second kappa shape index (κ2) is 12.0. The van der Waals surface area contributed by atoms with E-state index in [1.165, 1.54) is 19.1 Å². The third-order valence-corrected chi connectivity index (χ3v) is 6.59. The van der Waals surface area contributed by atoms with Crippen LogP contribution in [0.15, 0.2) is 57.8 Å². The minimum absolute atomic E-state index is 0.0749. The Kier molecular flexibility index (Phi) is 8.05. The fourth-order valence-electron chi connectivity index (χ4n) is 4.40. The van der Waals surface area contributed by atoms with Gasteiger partial charge in [-0.15, -0.1) is 0 Å². The van der Waals surface area contributed by atoms with Gasteiger partial charge >= 0.3 is 0 Å². The molecule has 2 N–H and O–H groups in total. The van der Waals surface area contributed by atoms with Gasteiger partial charge in [0.1, 0.15) is 5.75 Å². The molecule has 5 rings (SSSR count). The van der Waals surface area contributed by atoms with E-state index in [1.807, 2.05) is 12.1 Å². The predicted molar refractivity (Wildman–Crippen MR) is 147 cm³/mol. The molecule has 11 heteroatoms. The summed E-state index contributed by atoms with van der Waals surface area (Å²) in [4.78, 5) is 18.5. The number of azo groups is 1. The van der Waals surface area contributed by atoms with Crippen LogP contribution in [0.3, 0.4) is 0 Å². The van der Waals surface area contributed by atoms with Gasteiger partial charge in [0.05, 0.1) is 17.6 Å². The molecule has 0 atom stereocenters. The lowest BCUT2D eigenvalue weighted by Gasteiger charge is -2.30. The number of benzene rings is 2. The Hall–Kier alpha value is -3.79. The van der Waals surface area contributed by atoms with E-state index in [2.05, 4.69) is 40.5 Å². The van der Waals surface area contributed by atoms with Gasteiger partial charge in [0.15, 0.2) is 0 Å². The van der Waals surface area contributed by atoms with Crippen LogP contribution in [-0.2, 0) is 0 Å². The van der Waals surface area contributed by atoms with Gasteiger partial charge in [-0.05, 0) is 74.9 Å². The molecule has 3 heterocycles. The number of anilines is 3. The van der Waals surface area contributed by atoms with Crippen LogP contribution in [0.25, 0.3) is 0 Å². The fourth-order valence-corrected chi connectivity index (χ4v) is 4.58. The smallest absolute Gasteiger partial charge is 0.250 e. The number of hydrazone groups is 1. The molecule has 37 heavy (non-hydrogen) atoms. The Morgan fingerprint density at radius 1 is 0.784 bits per heavy atom. The number of aromatic nitrogens is 3. The van der Waals surface area contributed by atoms with Crippen molar-refractivity contribution in [3.8, 4) is 5.75 Å². The first kappa shape index (κ1) is 24.9. The van der Waals surface area contributed by atoms with Crippen LogP contribution in [0.5, 0.6) is 5.75 Å². The molecule has 0 bridgehead atoms. The number of phenolic OH excluding ortho intramolecular Hbond substituents is 1. The lowest BCUT2D eigenvalue weighted by atomic mass is 10.1. The average molecular weight is 520 g/mol. The number of halogens is 1. The average Bonchev–Trinajstić information content (AvgIpc) is 2.94. The van der Waals surface area contributed by atoms with E-state index in [9.17, 15) is 5.11 Å². The highest BCUT2D eigenvalue weighted by molar-refractivity contribution is 6.30. The van der Waals surface area contributed by atoms with E-state index in [0.29, 0.717) is 39.8 Å². The number of phenols is 1. The summed E-state index contributed by atoms with van der Waals surface area (Å²) in [6, 6.07) is 12.1. The molecular formula is C26H30ClN9O.